The van der Waals surface area contributed by atoms with Crippen LogP contribution in [-0.2, 0) is 14.8 Å². The average molecular weight is 489 g/mol. The van der Waals surface area contributed by atoms with Gasteiger partial charge in [0.1, 0.15) is 5.75 Å². The number of carbonyl (C=O) groups excluding carboxylic acids is 1. The molecule has 0 radical (unpaired) electrons. The van der Waals surface area contributed by atoms with Gasteiger partial charge in [-0.05, 0) is 47.1 Å². The van der Waals surface area contributed by atoms with Gasteiger partial charge in [-0.25, -0.2) is 13.2 Å². The second kappa shape index (κ2) is 9.58. The normalized spacial score (nSPS) is 10.8. The molecule has 2 aromatic carbocycles. The van der Waals surface area contributed by atoms with E-state index in [1.54, 1.807) is 12.1 Å². The number of nitrogens with two attached hydrogens (primary N) is 1. The van der Waals surface area contributed by atoms with Crippen molar-refractivity contribution in [2.75, 3.05) is 11.3 Å². The molecule has 29 heavy (non-hydrogen) atoms. The van der Waals surface area contributed by atoms with E-state index in [4.69, 9.17) is 5.73 Å². The summed E-state index contributed by atoms with van der Waals surface area (Å²) < 4.78 is 61.8. The monoisotopic (exact) mass is 488 g/mol. The number of primary amides is 1. The van der Waals surface area contributed by atoms with Gasteiger partial charge in [-0.3, -0.25) is 4.72 Å². The lowest BCUT2D eigenvalue weighted by molar-refractivity contribution is -0.0503. The number of rotatable bonds is 6. The number of halogens is 3. The summed E-state index contributed by atoms with van der Waals surface area (Å²) in [4.78, 5) is 10.6. The molecule has 2 rings (SSSR count). The van der Waals surface area contributed by atoms with Crippen LogP contribution in [0.5, 0.6) is 5.75 Å². The lowest BCUT2D eigenvalue weighted by Gasteiger charge is -2.14. The van der Waals surface area contributed by atoms with Crippen LogP contribution in [0.4, 0.5) is 19.3 Å². The van der Waals surface area contributed by atoms with Gasteiger partial charge in [0, 0.05) is 0 Å². The Morgan fingerprint density at radius 3 is 2.52 bits per heavy atom. The maximum atomic E-state index is 12.6. The number of hydrogen-bond acceptors (Lipinski definition) is 5. The number of sulfonamides is 1. The molecule has 0 aliphatic heterocycles. The van der Waals surface area contributed by atoms with E-state index in [1.807, 2.05) is 6.92 Å². The first-order valence-electron chi connectivity index (χ1n) is 7.87. The summed E-state index contributed by atoms with van der Waals surface area (Å²) >= 11 is 3.06. The number of carbonyl (C=O) groups is 1. The van der Waals surface area contributed by atoms with E-state index in [0.717, 1.165) is 11.6 Å². The van der Waals surface area contributed by atoms with Crippen molar-refractivity contribution in [2.45, 2.75) is 18.4 Å². The molecule has 0 aliphatic carbocycles. The predicted molar refractivity (Wildman–Crippen MR) is 105 cm³/mol. The second-order valence-corrected chi connectivity index (χ2v) is 8.07. The first-order valence-corrected chi connectivity index (χ1v) is 10.1. The number of hydrogen-bond donors (Lipinski definition) is 2. The number of alkyl halides is 2. The summed E-state index contributed by atoms with van der Waals surface area (Å²) in [6, 6.07) is 8.47. The molecule has 0 fully saturated rings. The van der Waals surface area contributed by atoms with Crippen LogP contribution in [0.25, 0.3) is 0 Å². The summed E-state index contributed by atoms with van der Waals surface area (Å²) in [6.45, 7) is -1.66. The summed E-state index contributed by atoms with van der Waals surface area (Å²) in [5.74, 6) is 4.73. The molecule has 7 nitrogen and oxygen atoms in total. The van der Waals surface area contributed by atoms with Gasteiger partial charge in [0.15, 0.2) is 6.61 Å². The van der Waals surface area contributed by atoms with E-state index in [1.165, 1.54) is 18.2 Å². The lowest BCUT2D eigenvalue weighted by Crippen LogP contribution is -2.14. The molecule has 0 spiro atoms. The molecule has 0 atom stereocenters. The molecular weight excluding hydrogens is 474 g/mol. The molecule has 154 valence electrons. The smallest absolute Gasteiger partial charge is 0.405 e. The first kappa shape index (κ1) is 22.4. The van der Waals surface area contributed by atoms with Gasteiger partial charge in [0.25, 0.3) is 10.0 Å². The Hall–Kier alpha value is -2.84. The third kappa shape index (κ3) is 6.62. The van der Waals surface area contributed by atoms with Gasteiger partial charge in [-0.2, -0.15) is 8.78 Å². The van der Waals surface area contributed by atoms with Gasteiger partial charge in [0.2, 0.25) is 0 Å². The summed E-state index contributed by atoms with van der Waals surface area (Å²) in [7, 11) is -3.98. The Labute approximate surface area is 174 Å². The Morgan fingerprint density at radius 1 is 1.28 bits per heavy atom. The molecule has 0 bridgehead atoms. The van der Waals surface area contributed by atoms with Gasteiger partial charge in [-0.1, -0.05) is 29.5 Å². The van der Waals surface area contributed by atoms with Crippen LogP contribution >= 0.6 is 15.9 Å². The SMILES string of the molecule is Cc1ccc(S(=O)(=O)Nc2cc(Br)c(OC(F)F)cc2C#CCOC(N)=O)cc1. The Morgan fingerprint density at radius 2 is 1.93 bits per heavy atom. The minimum absolute atomic E-state index is 0.00287. The fourth-order valence-corrected chi connectivity index (χ4v) is 3.59. The predicted octanol–water partition coefficient (Wildman–Crippen LogP) is 3.61. The van der Waals surface area contributed by atoms with Crippen molar-refractivity contribution in [1.82, 2.24) is 0 Å². The highest BCUT2D eigenvalue weighted by molar-refractivity contribution is 9.10. The number of nitrogens with one attached hydrogen (secondary N) is 1. The van der Waals surface area contributed by atoms with E-state index >= 15 is 0 Å². The standard InChI is InChI=1S/C18H15BrF2N2O5S/c1-11-4-6-13(7-5-11)29(25,26)23-15-10-14(19)16(28-17(20)21)9-12(15)3-2-8-27-18(22)24/h4-7,9-10,17,23H,8H2,1H3,(H2,22,24). The summed E-state index contributed by atoms with van der Waals surface area (Å²) in [5, 5.41) is 0. The molecule has 2 aromatic rings. The van der Waals surface area contributed by atoms with Gasteiger partial charge in [-0.15, -0.1) is 0 Å². The molecule has 0 saturated carbocycles. The van der Waals surface area contributed by atoms with E-state index in [-0.39, 0.29) is 33.0 Å². The van der Waals surface area contributed by atoms with Crippen LogP contribution in [0.2, 0.25) is 0 Å². The van der Waals surface area contributed by atoms with Crippen LogP contribution in [0.3, 0.4) is 0 Å². The first-order chi connectivity index (χ1) is 13.6. The molecule has 11 heteroatoms. The molecular formula is C18H15BrF2N2O5S. The fourth-order valence-electron chi connectivity index (χ4n) is 2.09. The van der Waals surface area contributed by atoms with Gasteiger partial charge < -0.3 is 15.2 Å². The van der Waals surface area contributed by atoms with E-state index < -0.39 is 22.7 Å². The molecule has 3 N–H and O–H groups in total. The number of ether oxygens (including phenoxy) is 2. The second-order valence-electron chi connectivity index (χ2n) is 5.53. The van der Waals surface area contributed by atoms with Crippen molar-refractivity contribution in [3.63, 3.8) is 0 Å². The third-order valence-corrected chi connectivity index (χ3v) is 5.37. The van der Waals surface area contributed by atoms with Crippen molar-refractivity contribution in [3.8, 4) is 17.6 Å². The Kier molecular flexibility index (Phi) is 7.41. The maximum Gasteiger partial charge on any atom is 0.405 e. The third-order valence-electron chi connectivity index (χ3n) is 3.37. The van der Waals surface area contributed by atoms with Crippen LogP contribution in [0.1, 0.15) is 11.1 Å². The quantitative estimate of drug-likeness (QED) is 0.603. The van der Waals surface area contributed by atoms with Crippen LogP contribution in [-0.4, -0.2) is 27.7 Å². The molecule has 0 saturated heterocycles. The minimum Gasteiger partial charge on any atom is -0.437 e. The molecule has 0 aromatic heterocycles. The number of anilines is 1. The number of amides is 1. The van der Waals surface area contributed by atoms with Crippen molar-refractivity contribution < 1.29 is 31.5 Å². The zero-order chi connectivity index (χ0) is 21.6. The highest BCUT2D eigenvalue weighted by Gasteiger charge is 2.18. The fraction of sp³-hybridized carbons (Fsp3) is 0.167. The largest absolute Gasteiger partial charge is 0.437 e. The molecule has 0 aliphatic rings. The Bertz CT molecular complexity index is 1060. The highest BCUT2D eigenvalue weighted by Crippen LogP contribution is 2.33. The number of benzene rings is 2. The van der Waals surface area contributed by atoms with Gasteiger partial charge >= 0.3 is 12.7 Å². The van der Waals surface area contributed by atoms with E-state index in [9.17, 15) is 22.0 Å². The molecule has 0 unspecified atom stereocenters. The van der Waals surface area contributed by atoms with Crippen LogP contribution in [0.15, 0.2) is 45.8 Å². The van der Waals surface area contributed by atoms with E-state index in [2.05, 4.69) is 42.0 Å². The highest BCUT2D eigenvalue weighted by atomic mass is 79.9. The van der Waals surface area contributed by atoms with Crippen molar-refractivity contribution >= 4 is 37.7 Å². The zero-order valence-electron chi connectivity index (χ0n) is 14.9. The summed E-state index contributed by atoms with van der Waals surface area (Å²) in [6.07, 6.45) is -1.04. The number of aryl methyl sites for hydroxylation is 1. The lowest BCUT2D eigenvalue weighted by atomic mass is 10.2. The Balaban J connectivity index is 2.43. The molecule has 1 amide bonds. The zero-order valence-corrected chi connectivity index (χ0v) is 17.3. The average Bonchev–Trinajstić information content (AvgIpc) is 2.61. The van der Waals surface area contributed by atoms with Crippen molar-refractivity contribution in [3.05, 3.63) is 52.0 Å². The minimum atomic E-state index is -3.98. The maximum absolute atomic E-state index is 12.6. The van der Waals surface area contributed by atoms with Crippen molar-refractivity contribution in [1.29, 1.82) is 0 Å². The molecule has 0 heterocycles. The van der Waals surface area contributed by atoms with Gasteiger partial charge in [0.05, 0.1) is 20.6 Å². The summed E-state index contributed by atoms with van der Waals surface area (Å²) in [5.41, 5.74) is 5.73. The van der Waals surface area contributed by atoms with Crippen LogP contribution in [0, 0.1) is 18.8 Å². The van der Waals surface area contributed by atoms with E-state index in [0.29, 0.717) is 0 Å². The van der Waals surface area contributed by atoms with Crippen LogP contribution < -0.4 is 15.2 Å². The van der Waals surface area contributed by atoms with Crippen molar-refractivity contribution in [2.24, 2.45) is 5.73 Å². The topological polar surface area (TPSA) is 108 Å².